The minimum Gasteiger partial charge on any atom is -0.484 e. The van der Waals surface area contributed by atoms with Gasteiger partial charge in [-0.15, -0.1) is 0 Å². The zero-order valence-corrected chi connectivity index (χ0v) is 24.0. The first-order valence-electron chi connectivity index (χ1n) is 12.8. The van der Waals surface area contributed by atoms with Crippen molar-refractivity contribution in [2.45, 2.75) is 66.1 Å². The average molecular weight is 566 g/mol. The van der Waals surface area contributed by atoms with E-state index in [1.165, 1.54) is 0 Å². The molecular weight excluding hydrogens is 528 g/mol. The van der Waals surface area contributed by atoms with E-state index in [0.29, 0.717) is 18.7 Å². The van der Waals surface area contributed by atoms with Crippen LogP contribution in [0.3, 0.4) is 0 Å². The highest BCUT2D eigenvalue weighted by molar-refractivity contribution is 9.10. The molecule has 0 radical (unpaired) electrons. The number of carbonyl (C=O) groups excluding carboxylic acids is 2. The Labute approximate surface area is 229 Å². The number of halogens is 1. The van der Waals surface area contributed by atoms with Crippen molar-refractivity contribution >= 4 is 27.7 Å². The van der Waals surface area contributed by atoms with Crippen molar-refractivity contribution in [1.82, 2.24) is 10.2 Å². The van der Waals surface area contributed by atoms with Gasteiger partial charge >= 0.3 is 0 Å². The molecule has 0 saturated carbocycles. The van der Waals surface area contributed by atoms with E-state index in [0.717, 1.165) is 38.7 Å². The van der Waals surface area contributed by atoms with Gasteiger partial charge < -0.3 is 15.0 Å². The van der Waals surface area contributed by atoms with Crippen molar-refractivity contribution in [2.75, 3.05) is 6.61 Å². The van der Waals surface area contributed by atoms with Gasteiger partial charge in [0.25, 0.3) is 5.91 Å². The predicted molar refractivity (Wildman–Crippen MR) is 153 cm³/mol. The van der Waals surface area contributed by atoms with Gasteiger partial charge in [0, 0.05) is 23.5 Å². The highest BCUT2D eigenvalue weighted by atomic mass is 79.9. The summed E-state index contributed by atoms with van der Waals surface area (Å²) in [6.45, 7) is 10.2. The van der Waals surface area contributed by atoms with E-state index in [1.54, 1.807) is 4.90 Å². The number of carbonyl (C=O) groups is 2. The molecule has 3 rings (SSSR count). The largest absolute Gasteiger partial charge is 0.484 e. The Bertz CT molecular complexity index is 1170. The monoisotopic (exact) mass is 564 g/mol. The van der Waals surface area contributed by atoms with Crippen LogP contribution in [0.15, 0.2) is 71.2 Å². The van der Waals surface area contributed by atoms with E-state index in [1.807, 2.05) is 101 Å². The lowest BCUT2D eigenvalue weighted by atomic mass is 10.0. The lowest BCUT2D eigenvalue weighted by Crippen LogP contribution is -2.53. The van der Waals surface area contributed by atoms with Crippen molar-refractivity contribution in [1.29, 1.82) is 0 Å². The van der Waals surface area contributed by atoms with Crippen LogP contribution < -0.4 is 10.1 Å². The van der Waals surface area contributed by atoms with E-state index in [2.05, 4.69) is 21.2 Å². The van der Waals surface area contributed by atoms with E-state index < -0.39 is 6.04 Å². The highest BCUT2D eigenvalue weighted by Crippen LogP contribution is 2.26. The summed E-state index contributed by atoms with van der Waals surface area (Å²) >= 11 is 3.58. The molecule has 0 heterocycles. The van der Waals surface area contributed by atoms with Crippen molar-refractivity contribution in [3.63, 3.8) is 0 Å². The molecule has 2 amide bonds. The number of rotatable bonds is 11. The summed E-state index contributed by atoms with van der Waals surface area (Å²) in [4.78, 5) is 28.9. The van der Waals surface area contributed by atoms with Crippen LogP contribution >= 0.6 is 15.9 Å². The molecule has 0 bridgehead atoms. The van der Waals surface area contributed by atoms with E-state index >= 15 is 0 Å². The second-order valence-corrected chi connectivity index (χ2v) is 10.5. The Morgan fingerprint density at radius 2 is 1.57 bits per heavy atom. The maximum Gasteiger partial charge on any atom is 0.261 e. The first-order chi connectivity index (χ1) is 17.7. The molecule has 0 aliphatic heterocycles. The molecule has 0 unspecified atom stereocenters. The number of nitrogens with zero attached hydrogens (tertiary/aromatic N) is 1. The quantitative estimate of drug-likeness (QED) is 0.297. The molecular formula is C31H37BrN2O3. The summed E-state index contributed by atoms with van der Waals surface area (Å²) < 4.78 is 6.99. The van der Waals surface area contributed by atoms with Crippen molar-refractivity contribution in [2.24, 2.45) is 0 Å². The second kappa shape index (κ2) is 13.4. The fourth-order valence-corrected chi connectivity index (χ4v) is 4.33. The molecule has 0 aromatic heterocycles. The number of hydrogen-bond acceptors (Lipinski definition) is 3. The van der Waals surface area contributed by atoms with Gasteiger partial charge in [-0.1, -0.05) is 83.0 Å². The molecule has 3 aromatic rings. The minimum absolute atomic E-state index is 0.00654. The zero-order valence-electron chi connectivity index (χ0n) is 22.4. The standard InChI is InChI=1S/C31H37BrN2O3/c1-6-24(5)33-31(36)28(18-25-10-8-7-9-11-25)34(19-26-14-12-21(2)13-15-26)29(35)20-37-27-16-22(3)30(32)23(4)17-27/h7-17,24,28H,6,18-20H2,1-5H3,(H,33,36)/t24-,28+/m1/s1. The second-order valence-electron chi connectivity index (χ2n) is 9.69. The van der Waals surface area contributed by atoms with Crippen LogP contribution in [-0.4, -0.2) is 35.4 Å². The Balaban J connectivity index is 1.92. The third kappa shape index (κ3) is 8.19. The molecule has 0 aliphatic carbocycles. The van der Waals surface area contributed by atoms with Gasteiger partial charge in [0.1, 0.15) is 11.8 Å². The van der Waals surface area contributed by atoms with Crippen LogP contribution in [0.25, 0.3) is 0 Å². The van der Waals surface area contributed by atoms with Crippen molar-refractivity contribution < 1.29 is 14.3 Å². The van der Waals surface area contributed by atoms with Gasteiger partial charge in [0.15, 0.2) is 6.61 Å². The molecule has 5 nitrogen and oxygen atoms in total. The minimum atomic E-state index is -0.679. The van der Waals surface area contributed by atoms with Gasteiger partial charge in [-0.2, -0.15) is 0 Å². The number of ether oxygens (including phenoxy) is 1. The zero-order chi connectivity index (χ0) is 26.9. The summed E-state index contributed by atoms with van der Waals surface area (Å²) in [6, 6.07) is 21.0. The third-order valence-electron chi connectivity index (χ3n) is 6.52. The van der Waals surface area contributed by atoms with Crippen molar-refractivity contribution in [3.8, 4) is 5.75 Å². The van der Waals surface area contributed by atoms with Crippen LogP contribution in [0.1, 0.15) is 48.1 Å². The number of nitrogens with one attached hydrogen (secondary N) is 1. The SMILES string of the molecule is CC[C@@H](C)NC(=O)[C@H](Cc1ccccc1)N(Cc1ccc(C)cc1)C(=O)COc1cc(C)c(Br)c(C)c1. The first kappa shape index (κ1) is 28.5. The summed E-state index contributed by atoms with van der Waals surface area (Å²) in [5.74, 6) is 0.235. The maximum atomic E-state index is 13.7. The Kier molecular flexibility index (Phi) is 10.3. The lowest BCUT2D eigenvalue weighted by Gasteiger charge is -2.32. The summed E-state index contributed by atoms with van der Waals surface area (Å²) in [5.41, 5.74) is 5.17. The molecule has 37 heavy (non-hydrogen) atoms. The maximum absolute atomic E-state index is 13.7. The van der Waals surface area contributed by atoms with Gasteiger partial charge in [-0.3, -0.25) is 9.59 Å². The van der Waals surface area contributed by atoms with Crippen LogP contribution in [0.5, 0.6) is 5.75 Å². The number of aryl methyl sites for hydroxylation is 3. The molecule has 196 valence electrons. The Hall–Kier alpha value is -3.12. The topological polar surface area (TPSA) is 58.6 Å². The Morgan fingerprint density at radius 1 is 0.946 bits per heavy atom. The first-order valence-corrected chi connectivity index (χ1v) is 13.6. The van der Waals surface area contributed by atoms with Crippen LogP contribution in [0.2, 0.25) is 0 Å². The third-order valence-corrected chi connectivity index (χ3v) is 7.77. The van der Waals surface area contributed by atoms with Gasteiger partial charge in [-0.25, -0.2) is 0 Å². The van der Waals surface area contributed by atoms with Crippen LogP contribution in [-0.2, 0) is 22.6 Å². The highest BCUT2D eigenvalue weighted by Gasteiger charge is 2.31. The average Bonchev–Trinajstić information content (AvgIpc) is 2.89. The van der Waals surface area contributed by atoms with Crippen molar-refractivity contribution in [3.05, 3.63) is 99.0 Å². The normalized spacial score (nSPS) is 12.5. The van der Waals surface area contributed by atoms with E-state index in [4.69, 9.17) is 4.74 Å². The smallest absolute Gasteiger partial charge is 0.261 e. The van der Waals surface area contributed by atoms with Gasteiger partial charge in [-0.05, 0) is 68.5 Å². The van der Waals surface area contributed by atoms with Gasteiger partial charge in [0.2, 0.25) is 5.91 Å². The number of benzene rings is 3. The lowest BCUT2D eigenvalue weighted by molar-refractivity contribution is -0.143. The summed E-state index contributed by atoms with van der Waals surface area (Å²) in [5, 5.41) is 3.10. The fraction of sp³-hybridized carbons (Fsp3) is 0.355. The molecule has 6 heteroatoms. The van der Waals surface area contributed by atoms with E-state index in [9.17, 15) is 9.59 Å². The predicted octanol–water partition coefficient (Wildman–Crippen LogP) is 6.31. The fourth-order valence-electron chi connectivity index (χ4n) is 4.10. The Morgan fingerprint density at radius 3 is 2.16 bits per heavy atom. The van der Waals surface area contributed by atoms with Crippen LogP contribution in [0.4, 0.5) is 0 Å². The molecule has 0 saturated heterocycles. The van der Waals surface area contributed by atoms with Gasteiger partial charge in [0.05, 0.1) is 0 Å². The summed E-state index contributed by atoms with van der Waals surface area (Å²) in [6.07, 6.45) is 1.22. The molecule has 0 aliphatic rings. The molecule has 1 N–H and O–H groups in total. The number of amides is 2. The molecule has 3 aromatic carbocycles. The summed E-state index contributed by atoms with van der Waals surface area (Å²) in [7, 11) is 0. The number of hydrogen-bond donors (Lipinski definition) is 1. The molecule has 2 atom stereocenters. The van der Waals surface area contributed by atoms with Crippen LogP contribution in [0, 0.1) is 20.8 Å². The van der Waals surface area contributed by atoms with E-state index in [-0.39, 0.29) is 24.5 Å². The molecule has 0 fully saturated rings. The molecule has 0 spiro atoms.